The quantitative estimate of drug-likeness (QED) is 0.484. The van der Waals surface area contributed by atoms with Crippen LogP contribution in [-0.4, -0.2) is 19.6 Å². The first-order valence-corrected chi connectivity index (χ1v) is 6.19. The number of hydrogen-bond acceptors (Lipinski definition) is 4. The summed E-state index contributed by atoms with van der Waals surface area (Å²) in [4.78, 5) is 11.0. The van der Waals surface area contributed by atoms with Crippen molar-refractivity contribution in [2.45, 2.75) is 32.6 Å². The highest BCUT2D eigenvalue weighted by Gasteiger charge is 2.20. The number of hydrogen-bond donors (Lipinski definition) is 2. The highest BCUT2D eigenvalue weighted by atomic mass is 16.5. The second-order valence-corrected chi connectivity index (χ2v) is 5.28. The van der Waals surface area contributed by atoms with Crippen LogP contribution in [0, 0.1) is 0 Å². The fraction of sp³-hybridized carbons (Fsp3) is 0.500. The topological polar surface area (TPSA) is 73.6 Å². The van der Waals surface area contributed by atoms with Gasteiger partial charge < -0.3 is 9.47 Å². The van der Waals surface area contributed by atoms with Crippen molar-refractivity contribution in [3.63, 3.8) is 0 Å². The molecule has 0 saturated heterocycles. The third-order valence-electron chi connectivity index (χ3n) is 2.74. The SMILES string of the molecule is COc1ccc(OCCC(=O)NN)c(C(C)(C)C)c1. The summed E-state index contributed by atoms with van der Waals surface area (Å²) < 4.78 is 10.9. The molecule has 0 radical (unpaired) electrons. The summed E-state index contributed by atoms with van der Waals surface area (Å²) in [6, 6.07) is 5.66. The van der Waals surface area contributed by atoms with Crippen LogP contribution in [0.15, 0.2) is 18.2 Å². The zero-order chi connectivity index (χ0) is 14.5. The van der Waals surface area contributed by atoms with Crippen molar-refractivity contribution in [1.82, 2.24) is 5.43 Å². The standard InChI is InChI=1S/C14H22N2O3/c1-14(2,3)11-9-10(18-4)5-6-12(11)19-8-7-13(17)16-15/h5-6,9H,7-8,15H2,1-4H3,(H,16,17). The summed E-state index contributed by atoms with van der Waals surface area (Å²) in [5, 5.41) is 0. The predicted molar refractivity (Wildman–Crippen MR) is 74.1 cm³/mol. The van der Waals surface area contributed by atoms with Gasteiger partial charge >= 0.3 is 0 Å². The molecule has 3 N–H and O–H groups in total. The summed E-state index contributed by atoms with van der Waals surface area (Å²) in [6.45, 7) is 6.59. The monoisotopic (exact) mass is 266 g/mol. The van der Waals surface area contributed by atoms with Crippen LogP contribution in [0.2, 0.25) is 0 Å². The molecule has 0 aliphatic carbocycles. The van der Waals surface area contributed by atoms with Crippen LogP contribution in [0.4, 0.5) is 0 Å². The fourth-order valence-electron chi connectivity index (χ4n) is 1.67. The molecule has 0 aliphatic rings. The van der Waals surface area contributed by atoms with Crippen molar-refractivity contribution in [2.75, 3.05) is 13.7 Å². The number of nitrogens with one attached hydrogen (secondary N) is 1. The molecule has 0 aliphatic heterocycles. The summed E-state index contributed by atoms with van der Waals surface area (Å²) in [5.41, 5.74) is 3.05. The average molecular weight is 266 g/mol. The molecule has 5 nitrogen and oxygen atoms in total. The molecule has 0 aromatic heterocycles. The van der Waals surface area contributed by atoms with Crippen LogP contribution < -0.4 is 20.7 Å². The van der Waals surface area contributed by atoms with Crippen molar-refractivity contribution in [2.24, 2.45) is 5.84 Å². The highest BCUT2D eigenvalue weighted by molar-refractivity contribution is 5.75. The number of methoxy groups -OCH3 is 1. The van der Waals surface area contributed by atoms with E-state index in [2.05, 4.69) is 26.2 Å². The van der Waals surface area contributed by atoms with Gasteiger partial charge in [0.05, 0.1) is 20.1 Å². The summed E-state index contributed by atoms with van der Waals surface area (Å²) in [5.74, 6) is 6.32. The third kappa shape index (κ3) is 4.44. The number of carbonyl (C=O) groups is 1. The van der Waals surface area contributed by atoms with E-state index in [1.807, 2.05) is 18.2 Å². The van der Waals surface area contributed by atoms with Crippen LogP contribution in [0.3, 0.4) is 0 Å². The number of benzene rings is 1. The van der Waals surface area contributed by atoms with Gasteiger partial charge in [0.1, 0.15) is 11.5 Å². The Bertz CT molecular complexity index is 439. The van der Waals surface area contributed by atoms with Crippen molar-refractivity contribution >= 4 is 5.91 Å². The van der Waals surface area contributed by atoms with E-state index in [0.717, 1.165) is 17.1 Å². The van der Waals surface area contributed by atoms with Gasteiger partial charge in [-0.3, -0.25) is 10.2 Å². The molecule has 1 aromatic carbocycles. The maximum absolute atomic E-state index is 11.0. The molecule has 106 valence electrons. The zero-order valence-corrected chi connectivity index (χ0v) is 11.9. The molecule has 0 unspecified atom stereocenters. The number of amides is 1. The third-order valence-corrected chi connectivity index (χ3v) is 2.74. The van der Waals surface area contributed by atoms with E-state index in [4.69, 9.17) is 15.3 Å². The van der Waals surface area contributed by atoms with Gasteiger partial charge in [0.15, 0.2) is 0 Å². The lowest BCUT2D eigenvalue weighted by Gasteiger charge is -2.23. The van der Waals surface area contributed by atoms with E-state index in [-0.39, 0.29) is 17.7 Å². The summed E-state index contributed by atoms with van der Waals surface area (Å²) in [6.07, 6.45) is 0.228. The first-order valence-electron chi connectivity index (χ1n) is 6.19. The van der Waals surface area contributed by atoms with Crippen LogP contribution >= 0.6 is 0 Å². The van der Waals surface area contributed by atoms with Crippen molar-refractivity contribution in [1.29, 1.82) is 0 Å². The first-order chi connectivity index (χ1) is 8.88. The summed E-state index contributed by atoms with van der Waals surface area (Å²) >= 11 is 0. The van der Waals surface area contributed by atoms with E-state index in [1.54, 1.807) is 7.11 Å². The number of hydrazine groups is 1. The van der Waals surface area contributed by atoms with Crippen molar-refractivity contribution < 1.29 is 14.3 Å². The Morgan fingerprint density at radius 3 is 2.58 bits per heavy atom. The Kier molecular flexibility index (Phi) is 5.18. The lowest BCUT2D eigenvalue weighted by molar-refractivity contribution is -0.121. The van der Waals surface area contributed by atoms with E-state index < -0.39 is 0 Å². The van der Waals surface area contributed by atoms with Gasteiger partial charge in [-0.1, -0.05) is 20.8 Å². The molecule has 5 heteroatoms. The van der Waals surface area contributed by atoms with E-state index in [0.29, 0.717) is 6.61 Å². The lowest BCUT2D eigenvalue weighted by Crippen LogP contribution is -2.31. The second kappa shape index (κ2) is 6.43. The van der Waals surface area contributed by atoms with Crippen molar-refractivity contribution in [3.8, 4) is 11.5 Å². The van der Waals surface area contributed by atoms with Gasteiger partial charge in [-0.2, -0.15) is 0 Å². The fourth-order valence-corrected chi connectivity index (χ4v) is 1.67. The molecule has 1 rings (SSSR count). The molecule has 0 saturated carbocycles. The molecule has 0 atom stereocenters. The van der Waals surface area contributed by atoms with E-state index >= 15 is 0 Å². The van der Waals surface area contributed by atoms with Gasteiger partial charge in [-0.05, 0) is 23.6 Å². The molecular formula is C14H22N2O3. The Balaban J connectivity index is 2.85. The molecule has 1 aromatic rings. The van der Waals surface area contributed by atoms with Crippen LogP contribution in [0.5, 0.6) is 11.5 Å². The summed E-state index contributed by atoms with van der Waals surface area (Å²) in [7, 11) is 1.63. The van der Waals surface area contributed by atoms with Gasteiger partial charge in [-0.15, -0.1) is 0 Å². The van der Waals surface area contributed by atoms with E-state index in [1.165, 1.54) is 0 Å². The Hall–Kier alpha value is -1.75. The molecule has 0 heterocycles. The van der Waals surface area contributed by atoms with Crippen LogP contribution in [-0.2, 0) is 10.2 Å². The smallest absolute Gasteiger partial charge is 0.237 e. The van der Waals surface area contributed by atoms with E-state index in [9.17, 15) is 4.79 Å². The minimum Gasteiger partial charge on any atom is -0.497 e. The molecule has 1 amide bonds. The Labute approximate surface area is 114 Å². The first kappa shape index (κ1) is 15.3. The predicted octanol–water partition coefficient (Wildman–Crippen LogP) is 1.75. The average Bonchev–Trinajstić information content (AvgIpc) is 2.37. The van der Waals surface area contributed by atoms with Gasteiger partial charge in [0, 0.05) is 5.56 Å². The number of carbonyl (C=O) groups excluding carboxylic acids is 1. The Morgan fingerprint density at radius 2 is 2.05 bits per heavy atom. The number of nitrogens with two attached hydrogens (primary N) is 1. The molecule has 0 spiro atoms. The lowest BCUT2D eigenvalue weighted by atomic mass is 9.86. The highest BCUT2D eigenvalue weighted by Crippen LogP contribution is 2.34. The Morgan fingerprint density at radius 1 is 1.37 bits per heavy atom. The molecule has 0 bridgehead atoms. The minimum atomic E-state index is -0.245. The van der Waals surface area contributed by atoms with Gasteiger partial charge in [0.25, 0.3) is 0 Å². The largest absolute Gasteiger partial charge is 0.497 e. The van der Waals surface area contributed by atoms with Crippen LogP contribution in [0.25, 0.3) is 0 Å². The molecule has 19 heavy (non-hydrogen) atoms. The van der Waals surface area contributed by atoms with Gasteiger partial charge in [-0.25, -0.2) is 5.84 Å². The zero-order valence-electron chi connectivity index (χ0n) is 11.9. The molecular weight excluding hydrogens is 244 g/mol. The van der Waals surface area contributed by atoms with Gasteiger partial charge in [0.2, 0.25) is 5.91 Å². The maximum Gasteiger partial charge on any atom is 0.237 e. The van der Waals surface area contributed by atoms with Crippen molar-refractivity contribution in [3.05, 3.63) is 23.8 Å². The maximum atomic E-state index is 11.0. The second-order valence-electron chi connectivity index (χ2n) is 5.28. The number of rotatable bonds is 5. The molecule has 0 fully saturated rings. The number of ether oxygens (including phenoxy) is 2. The minimum absolute atomic E-state index is 0.0694. The normalized spacial score (nSPS) is 11.0. The van der Waals surface area contributed by atoms with Crippen LogP contribution in [0.1, 0.15) is 32.8 Å².